The average molecular weight is 181 g/mol. The number of nitriles is 1. The van der Waals surface area contributed by atoms with E-state index in [1.807, 2.05) is 6.92 Å². The molecular formula is C9H11NO3. The molecule has 1 saturated heterocycles. The summed E-state index contributed by atoms with van der Waals surface area (Å²) in [5.41, 5.74) is 0.933. The first kappa shape index (κ1) is 9.75. The molecule has 1 aliphatic rings. The third-order valence-electron chi connectivity index (χ3n) is 1.86. The molecule has 1 fully saturated rings. The Bertz CT molecular complexity index is 265. The van der Waals surface area contributed by atoms with Crippen molar-refractivity contribution < 1.29 is 14.3 Å². The van der Waals surface area contributed by atoms with Crippen LogP contribution < -0.4 is 0 Å². The lowest BCUT2D eigenvalue weighted by Crippen LogP contribution is -2.06. The van der Waals surface area contributed by atoms with Gasteiger partial charge in [-0.15, -0.1) is 0 Å². The van der Waals surface area contributed by atoms with Gasteiger partial charge in [-0.3, -0.25) is 0 Å². The third-order valence-corrected chi connectivity index (χ3v) is 1.86. The summed E-state index contributed by atoms with van der Waals surface area (Å²) in [6.07, 6.45) is 2.17. The van der Waals surface area contributed by atoms with Gasteiger partial charge in [-0.1, -0.05) is 0 Å². The molecule has 4 heteroatoms. The second kappa shape index (κ2) is 4.63. The van der Waals surface area contributed by atoms with E-state index in [0.29, 0.717) is 6.61 Å². The van der Waals surface area contributed by atoms with Crippen molar-refractivity contribution in [2.75, 3.05) is 13.2 Å². The van der Waals surface area contributed by atoms with E-state index >= 15 is 0 Å². The number of hydrogen-bond donors (Lipinski definition) is 0. The maximum absolute atomic E-state index is 11.0. The minimum absolute atomic E-state index is 0.00497. The van der Waals surface area contributed by atoms with Crippen LogP contribution in [-0.2, 0) is 14.3 Å². The smallest absolute Gasteiger partial charge is 0.331 e. The van der Waals surface area contributed by atoms with Gasteiger partial charge in [0.1, 0.15) is 6.07 Å². The van der Waals surface area contributed by atoms with E-state index in [1.54, 1.807) is 6.07 Å². The minimum Gasteiger partial charge on any atom is -0.447 e. The molecule has 4 nitrogen and oxygen atoms in total. The number of rotatable bonds is 2. The molecular weight excluding hydrogens is 170 g/mol. The molecule has 1 heterocycles. The summed E-state index contributed by atoms with van der Waals surface area (Å²) in [4.78, 5) is 11.0. The first-order valence-electron chi connectivity index (χ1n) is 4.10. The maximum Gasteiger partial charge on any atom is 0.331 e. The highest BCUT2D eigenvalue weighted by Crippen LogP contribution is 2.18. The summed E-state index contributed by atoms with van der Waals surface area (Å²) in [5.74, 6) is -0.464. The molecule has 1 aliphatic heterocycles. The summed E-state index contributed by atoms with van der Waals surface area (Å²) < 4.78 is 9.80. The predicted octanol–water partition coefficient (Wildman–Crippen LogP) is 0.788. The summed E-state index contributed by atoms with van der Waals surface area (Å²) >= 11 is 0. The SMILES string of the molecule is CC1OCC/C1=C\C(=O)OCC#N. The lowest BCUT2D eigenvalue weighted by atomic mass is 10.1. The van der Waals surface area contributed by atoms with E-state index < -0.39 is 5.97 Å². The molecule has 1 unspecified atom stereocenters. The van der Waals surface area contributed by atoms with Crippen molar-refractivity contribution in [2.24, 2.45) is 0 Å². The average Bonchev–Trinajstić information content (AvgIpc) is 2.48. The lowest BCUT2D eigenvalue weighted by molar-refractivity contribution is -0.136. The summed E-state index contributed by atoms with van der Waals surface area (Å²) in [5, 5.41) is 8.16. The number of esters is 1. The van der Waals surface area contributed by atoms with Crippen molar-refractivity contribution in [1.29, 1.82) is 5.26 Å². The van der Waals surface area contributed by atoms with Crippen LogP contribution in [0, 0.1) is 11.3 Å². The Hall–Kier alpha value is -1.34. The Morgan fingerprint density at radius 1 is 1.92 bits per heavy atom. The highest BCUT2D eigenvalue weighted by atomic mass is 16.5. The van der Waals surface area contributed by atoms with E-state index in [-0.39, 0.29) is 12.7 Å². The van der Waals surface area contributed by atoms with Crippen LogP contribution in [0.2, 0.25) is 0 Å². The van der Waals surface area contributed by atoms with Crippen molar-refractivity contribution in [3.05, 3.63) is 11.6 Å². The zero-order valence-electron chi connectivity index (χ0n) is 7.45. The van der Waals surface area contributed by atoms with Gasteiger partial charge in [0.15, 0.2) is 6.61 Å². The van der Waals surface area contributed by atoms with Gasteiger partial charge in [0.2, 0.25) is 0 Å². The van der Waals surface area contributed by atoms with Crippen molar-refractivity contribution >= 4 is 5.97 Å². The molecule has 0 spiro atoms. The third kappa shape index (κ3) is 2.88. The van der Waals surface area contributed by atoms with E-state index in [4.69, 9.17) is 10.00 Å². The fourth-order valence-electron chi connectivity index (χ4n) is 1.15. The summed E-state index contributed by atoms with van der Waals surface area (Å²) in [6, 6.07) is 1.73. The van der Waals surface area contributed by atoms with E-state index in [9.17, 15) is 4.79 Å². The van der Waals surface area contributed by atoms with Crippen LogP contribution in [0.4, 0.5) is 0 Å². The molecule has 13 heavy (non-hydrogen) atoms. The van der Waals surface area contributed by atoms with Gasteiger partial charge < -0.3 is 9.47 Å². The zero-order valence-corrected chi connectivity index (χ0v) is 7.45. The second-order valence-electron chi connectivity index (χ2n) is 2.75. The molecule has 0 aromatic carbocycles. The first-order chi connectivity index (χ1) is 6.24. The van der Waals surface area contributed by atoms with Gasteiger partial charge in [0.25, 0.3) is 0 Å². The Balaban J connectivity index is 2.45. The molecule has 0 bridgehead atoms. The van der Waals surface area contributed by atoms with Crippen LogP contribution in [0.15, 0.2) is 11.6 Å². The monoisotopic (exact) mass is 181 g/mol. The number of carbonyl (C=O) groups is 1. The Morgan fingerprint density at radius 3 is 3.23 bits per heavy atom. The molecule has 0 amide bonds. The number of ether oxygens (including phenoxy) is 2. The van der Waals surface area contributed by atoms with E-state index in [2.05, 4.69) is 4.74 Å². The molecule has 1 rings (SSSR count). The van der Waals surface area contributed by atoms with Gasteiger partial charge in [0.05, 0.1) is 12.7 Å². The molecule has 0 aromatic heterocycles. The van der Waals surface area contributed by atoms with Crippen molar-refractivity contribution in [3.63, 3.8) is 0 Å². The molecule has 0 saturated carbocycles. The second-order valence-corrected chi connectivity index (χ2v) is 2.75. The Kier molecular flexibility index (Phi) is 3.47. The zero-order chi connectivity index (χ0) is 9.68. The van der Waals surface area contributed by atoms with Crippen molar-refractivity contribution in [1.82, 2.24) is 0 Å². The van der Waals surface area contributed by atoms with E-state index in [1.165, 1.54) is 6.08 Å². The van der Waals surface area contributed by atoms with Crippen LogP contribution in [0.25, 0.3) is 0 Å². The van der Waals surface area contributed by atoms with Gasteiger partial charge in [0, 0.05) is 6.08 Å². The summed E-state index contributed by atoms with van der Waals surface area (Å²) in [6.45, 7) is 2.34. The van der Waals surface area contributed by atoms with Gasteiger partial charge in [-0.25, -0.2) is 4.79 Å². The van der Waals surface area contributed by atoms with Crippen molar-refractivity contribution in [3.8, 4) is 6.07 Å². The number of hydrogen-bond acceptors (Lipinski definition) is 4. The molecule has 0 N–H and O–H groups in total. The van der Waals surface area contributed by atoms with E-state index in [0.717, 1.165) is 12.0 Å². The van der Waals surface area contributed by atoms with Gasteiger partial charge >= 0.3 is 5.97 Å². The highest BCUT2D eigenvalue weighted by molar-refractivity contribution is 5.83. The topological polar surface area (TPSA) is 59.3 Å². The quantitative estimate of drug-likeness (QED) is 0.466. The standard InChI is InChI=1S/C9H11NO3/c1-7-8(2-4-12-7)6-9(11)13-5-3-10/h6-7H,2,4-5H2,1H3/b8-6+. The van der Waals surface area contributed by atoms with Crippen LogP contribution in [0.5, 0.6) is 0 Å². The fraction of sp³-hybridized carbons (Fsp3) is 0.556. The lowest BCUT2D eigenvalue weighted by Gasteiger charge is -2.02. The largest absolute Gasteiger partial charge is 0.447 e. The molecule has 1 atom stereocenters. The van der Waals surface area contributed by atoms with Crippen LogP contribution in [0.3, 0.4) is 0 Å². The highest BCUT2D eigenvalue weighted by Gasteiger charge is 2.17. The minimum atomic E-state index is -0.464. The molecule has 0 aliphatic carbocycles. The Morgan fingerprint density at radius 2 is 2.69 bits per heavy atom. The van der Waals surface area contributed by atoms with Crippen molar-refractivity contribution in [2.45, 2.75) is 19.4 Å². The van der Waals surface area contributed by atoms with Crippen LogP contribution in [-0.4, -0.2) is 25.3 Å². The Labute approximate surface area is 76.7 Å². The molecule has 0 aromatic rings. The number of nitrogens with zero attached hydrogens (tertiary/aromatic N) is 1. The normalized spacial score (nSPS) is 24.3. The molecule has 70 valence electrons. The predicted molar refractivity (Wildman–Crippen MR) is 44.7 cm³/mol. The van der Waals surface area contributed by atoms with Crippen LogP contribution >= 0.6 is 0 Å². The number of carbonyl (C=O) groups excluding carboxylic acids is 1. The van der Waals surface area contributed by atoms with Crippen LogP contribution in [0.1, 0.15) is 13.3 Å². The van der Waals surface area contributed by atoms with Gasteiger partial charge in [-0.05, 0) is 18.9 Å². The summed E-state index contributed by atoms with van der Waals surface area (Å²) in [7, 11) is 0. The van der Waals surface area contributed by atoms with Gasteiger partial charge in [-0.2, -0.15) is 5.26 Å². The fourth-order valence-corrected chi connectivity index (χ4v) is 1.15. The maximum atomic E-state index is 11.0. The first-order valence-corrected chi connectivity index (χ1v) is 4.10. The molecule has 0 radical (unpaired) electrons.